The molecule has 0 fully saturated rings. The summed E-state index contributed by atoms with van der Waals surface area (Å²) in [5, 5.41) is 8.82. The topological polar surface area (TPSA) is 38.9 Å². The third kappa shape index (κ3) is 4.90. The van der Waals surface area contributed by atoms with Gasteiger partial charge in [-0.3, -0.25) is 4.40 Å². The van der Waals surface area contributed by atoms with Gasteiger partial charge in [-0.25, -0.2) is 4.98 Å². The van der Waals surface area contributed by atoms with Crippen LogP contribution in [0.25, 0.3) is 4.96 Å². The lowest BCUT2D eigenvalue weighted by Crippen LogP contribution is -1.94. The van der Waals surface area contributed by atoms with Crippen LogP contribution in [0.4, 0.5) is 0 Å². The molecule has 29 heavy (non-hydrogen) atoms. The van der Waals surface area contributed by atoms with Crippen LogP contribution in [-0.2, 0) is 17.2 Å². The predicted molar refractivity (Wildman–Crippen MR) is 123 cm³/mol. The van der Waals surface area contributed by atoms with Gasteiger partial charge in [0.2, 0.25) is 0 Å². The SMILES string of the molecule is Clc1ccc(CSc2nc3sccn3c2C=NOCc2c(Cl)cccc2Cl)cc1. The number of rotatable bonds is 7. The Bertz CT molecular complexity index is 1140. The van der Waals surface area contributed by atoms with Gasteiger partial charge in [-0.2, -0.15) is 0 Å². The van der Waals surface area contributed by atoms with Crippen molar-refractivity contribution in [2.75, 3.05) is 0 Å². The largest absolute Gasteiger partial charge is 0.391 e. The minimum atomic E-state index is 0.188. The number of thioether (sulfide) groups is 1. The Hall–Kier alpha value is -1.70. The molecule has 0 amide bonds. The maximum Gasteiger partial charge on any atom is 0.195 e. The van der Waals surface area contributed by atoms with Crippen LogP contribution in [0.3, 0.4) is 0 Å². The Kier molecular flexibility index (Phi) is 6.67. The molecule has 0 atom stereocenters. The molecule has 9 heteroatoms. The molecule has 0 saturated carbocycles. The first-order valence-electron chi connectivity index (χ1n) is 8.53. The average molecular weight is 483 g/mol. The molecule has 2 aromatic heterocycles. The summed E-state index contributed by atoms with van der Waals surface area (Å²) in [5.41, 5.74) is 2.74. The fourth-order valence-corrected chi connectivity index (χ4v) is 4.96. The lowest BCUT2D eigenvalue weighted by atomic mass is 10.2. The van der Waals surface area contributed by atoms with E-state index in [2.05, 4.69) is 5.16 Å². The van der Waals surface area contributed by atoms with E-state index in [4.69, 9.17) is 44.6 Å². The number of thiazole rings is 1. The molecular formula is C20H14Cl3N3OS2. The summed E-state index contributed by atoms with van der Waals surface area (Å²) in [6, 6.07) is 13.1. The van der Waals surface area contributed by atoms with Gasteiger partial charge in [0.05, 0.1) is 6.21 Å². The monoisotopic (exact) mass is 481 g/mol. The third-order valence-corrected chi connectivity index (χ3v) is 6.84. The highest BCUT2D eigenvalue weighted by atomic mass is 35.5. The van der Waals surface area contributed by atoms with E-state index in [1.165, 1.54) is 5.56 Å². The zero-order chi connectivity index (χ0) is 20.2. The van der Waals surface area contributed by atoms with Gasteiger partial charge < -0.3 is 4.84 Å². The highest BCUT2D eigenvalue weighted by Gasteiger charge is 2.13. The first kappa shape index (κ1) is 20.6. The smallest absolute Gasteiger partial charge is 0.195 e. The van der Waals surface area contributed by atoms with Crippen molar-refractivity contribution in [1.29, 1.82) is 0 Å². The van der Waals surface area contributed by atoms with Crippen LogP contribution < -0.4 is 0 Å². The van der Waals surface area contributed by atoms with Crippen LogP contribution >= 0.6 is 57.9 Å². The average Bonchev–Trinajstić information content (AvgIpc) is 3.28. The molecule has 2 heterocycles. The number of hydrogen-bond acceptors (Lipinski definition) is 5. The van der Waals surface area contributed by atoms with Crippen molar-refractivity contribution in [3.8, 4) is 0 Å². The van der Waals surface area contributed by atoms with Crippen molar-refractivity contribution < 1.29 is 4.84 Å². The lowest BCUT2D eigenvalue weighted by Gasteiger charge is -2.05. The number of halogens is 3. The van der Waals surface area contributed by atoms with Gasteiger partial charge in [-0.05, 0) is 29.8 Å². The maximum atomic E-state index is 6.17. The Morgan fingerprint density at radius 1 is 1.10 bits per heavy atom. The van der Waals surface area contributed by atoms with E-state index >= 15 is 0 Å². The van der Waals surface area contributed by atoms with E-state index in [-0.39, 0.29) is 6.61 Å². The highest BCUT2D eigenvalue weighted by molar-refractivity contribution is 7.98. The molecule has 0 aliphatic heterocycles. The maximum absolute atomic E-state index is 6.17. The zero-order valence-corrected chi connectivity index (χ0v) is 18.8. The first-order valence-corrected chi connectivity index (χ1v) is 11.5. The molecule has 4 nitrogen and oxygen atoms in total. The molecule has 0 radical (unpaired) electrons. The van der Waals surface area contributed by atoms with Crippen molar-refractivity contribution in [2.45, 2.75) is 17.4 Å². The number of benzene rings is 2. The van der Waals surface area contributed by atoms with Crippen LogP contribution in [0.2, 0.25) is 15.1 Å². The van der Waals surface area contributed by atoms with E-state index in [9.17, 15) is 0 Å². The Morgan fingerprint density at radius 2 is 1.86 bits per heavy atom. The fraction of sp³-hybridized carbons (Fsp3) is 0.100. The second kappa shape index (κ2) is 9.41. The van der Waals surface area contributed by atoms with Crippen LogP contribution in [0.1, 0.15) is 16.8 Å². The summed E-state index contributed by atoms with van der Waals surface area (Å²) in [4.78, 5) is 11.1. The molecule has 0 spiro atoms. The summed E-state index contributed by atoms with van der Waals surface area (Å²) < 4.78 is 1.99. The van der Waals surface area contributed by atoms with Gasteiger partial charge in [0, 0.05) is 38.0 Å². The molecule has 0 bridgehead atoms. The van der Waals surface area contributed by atoms with Crippen LogP contribution in [0, 0.1) is 0 Å². The number of hydrogen-bond donors (Lipinski definition) is 0. The molecule has 2 aromatic carbocycles. The van der Waals surface area contributed by atoms with Gasteiger partial charge in [-0.1, -0.05) is 69.9 Å². The van der Waals surface area contributed by atoms with Crippen LogP contribution in [0.5, 0.6) is 0 Å². The molecule has 0 N–H and O–H groups in total. The molecule has 148 valence electrons. The summed E-state index contributed by atoms with van der Waals surface area (Å²) in [7, 11) is 0. The van der Waals surface area contributed by atoms with Crippen LogP contribution in [0.15, 0.2) is 64.2 Å². The molecule has 0 saturated heterocycles. The van der Waals surface area contributed by atoms with Gasteiger partial charge in [0.15, 0.2) is 4.96 Å². The molecule has 0 unspecified atom stereocenters. The number of oxime groups is 1. The van der Waals surface area contributed by atoms with E-state index in [1.54, 1.807) is 47.5 Å². The van der Waals surface area contributed by atoms with Gasteiger partial charge in [0.1, 0.15) is 17.3 Å². The van der Waals surface area contributed by atoms with Crippen molar-refractivity contribution in [3.05, 3.63) is 85.9 Å². The predicted octanol–water partition coefficient (Wildman–Crippen LogP) is 7.20. The lowest BCUT2D eigenvalue weighted by molar-refractivity contribution is 0.132. The van der Waals surface area contributed by atoms with Gasteiger partial charge in [0.25, 0.3) is 0 Å². The van der Waals surface area contributed by atoms with Gasteiger partial charge >= 0.3 is 0 Å². The summed E-state index contributed by atoms with van der Waals surface area (Å²) >= 11 is 21.5. The first-order chi connectivity index (χ1) is 14.1. The molecular weight excluding hydrogens is 469 g/mol. The quantitative estimate of drug-likeness (QED) is 0.159. The van der Waals surface area contributed by atoms with E-state index in [0.717, 1.165) is 26.5 Å². The molecule has 0 aliphatic rings. The second-order valence-electron chi connectivity index (χ2n) is 5.98. The summed E-state index contributed by atoms with van der Waals surface area (Å²) in [5.74, 6) is 0.777. The van der Waals surface area contributed by atoms with Crippen molar-refractivity contribution in [3.63, 3.8) is 0 Å². The van der Waals surface area contributed by atoms with Crippen molar-refractivity contribution >= 4 is 69.1 Å². The zero-order valence-electron chi connectivity index (χ0n) is 14.9. The highest BCUT2D eigenvalue weighted by Crippen LogP contribution is 2.28. The third-order valence-electron chi connectivity index (χ3n) is 4.07. The molecule has 0 aliphatic carbocycles. The van der Waals surface area contributed by atoms with E-state index < -0.39 is 0 Å². The Labute approximate surface area is 191 Å². The minimum Gasteiger partial charge on any atom is -0.391 e. The minimum absolute atomic E-state index is 0.188. The number of aromatic nitrogens is 2. The second-order valence-corrected chi connectivity index (χ2v) is 9.07. The summed E-state index contributed by atoms with van der Waals surface area (Å²) in [6.45, 7) is 0.188. The standard InChI is InChI=1S/C20H14Cl3N3OS2/c21-14-6-4-13(5-7-14)12-29-19-18(26-8-9-28-20(26)25-19)10-24-27-11-15-16(22)2-1-3-17(15)23/h1-10H,11-12H2. The van der Waals surface area contributed by atoms with Crippen molar-refractivity contribution in [2.24, 2.45) is 5.16 Å². The fourth-order valence-electron chi connectivity index (χ4n) is 2.60. The number of nitrogens with zero attached hydrogens (tertiary/aromatic N) is 3. The summed E-state index contributed by atoms with van der Waals surface area (Å²) in [6.07, 6.45) is 3.63. The number of fused-ring (bicyclic) bond motifs is 1. The van der Waals surface area contributed by atoms with Crippen LogP contribution in [-0.4, -0.2) is 15.6 Å². The molecule has 4 aromatic rings. The normalized spacial score (nSPS) is 11.6. The van der Waals surface area contributed by atoms with Crippen molar-refractivity contribution in [1.82, 2.24) is 9.38 Å². The van der Waals surface area contributed by atoms with Gasteiger partial charge in [-0.15, -0.1) is 11.3 Å². The Balaban J connectivity index is 1.48. The van der Waals surface area contributed by atoms with E-state index in [1.807, 2.05) is 40.2 Å². The van der Waals surface area contributed by atoms with E-state index in [0.29, 0.717) is 15.6 Å². The molecule has 4 rings (SSSR count). The Morgan fingerprint density at radius 3 is 2.62 bits per heavy atom. The number of imidazole rings is 1.